The van der Waals surface area contributed by atoms with Gasteiger partial charge in [-0.3, -0.25) is 14.5 Å². The molecule has 1 saturated heterocycles. The average Bonchev–Trinajstić information content (AvgIpc) is 3.57. The third kappa shape index (κ3) is 4.22. The van der Waals surface area contributed by atoms with E-state index in [4.69, 9.17) is 4.42 Å². The number of furan rings is 1. The van der Waals surface area contributed by atoms with Gasteiger partial charge in [0.1, 0.15) is 24.4 Å². The molecule has 0 radical (unpaired) electrons. The number of benzene rings is 2. The summed E-state index contributed by atoms with van der Waals surface area (Å²) in [5, 5.41) is 8.60. The first kappa shape index (κ1) is 21.6. The Bertz CT molecular complexity index is 1240. The molecule has 172 valence electrons. The molecule has 0 saturated carbocycles. The highest BCUT2D eigenvalue weighted by Crippen LogP contribution is 2.33. The summed E-state index contributed by atoms with van der Waals surface area (Å²) >= 11 is 0. The van der Waals surface area contributed by atoms with E-state index in [1.165, 1.54) is 5.01 Å². The fourth-order valence-electron chi connectivity index (χ4n) is 4.29. The summed E-state index contributed by atoms with van der Waals surface area (Å²) in [6.45, 7) is 1.61. The van der Waals surface area contributed by atoms with E-state index < -0.39 is 36.5 Å². The molecule has 4 amide bonds. The predicted octanol–water partition coefficient (Wildman–Crippen LogP) is 3.43. The number of nitrogens with one attached hydrogen (secondary N) is 1. The highest BCUT2D eigenvalue weighted by atomic mass is 16.3. The maximum Gasteiger partial charge on any atom is 0.325 e. The maximum atomic E-state index is 13.3. The second-order valence-corrected chi connectivity index (χ2v) is 8.50. The van der Waals surface area contributed by atoms with Crippen molar-refractivity contribution in [3.8, 4) is 0 Å². The van der Waals surface area contributed by atoms with Crippen LogP contribution in [0.3, 0.4) is 0 Å². The summed E-state index contributed by atoms with van der Waals surface area (Å²) in [7, 11) is 0. The number of hydrogen-bond acceptors (Lipinski definition) is 5. The second-order valence-electron chi connectivity index (χ2n) is 8.50. The van der Waals surface area contributed by atoms with Crippen LogP contribution in [0.5, 0.6) is 0 Å². The highest BCUT2D eigenvalue weighted by molar-refractivity contribution is 6.07. The van der Waals surface area contributed by atoms with E-state index in [-0.39, 0.29) is 0 Å². The molecule has 1 fully saturated rings. The molecule has 2 atom stereocenters. The standard InChI is InChI=1S/C26H24N4O4/c1-17-9-11-19(12-10-17)20-15-22(23-8-5-13-34-23)30(28-20)24(31)16-29-25(32)21(27-26(29)33)14-18-6-3-2-4-7-18/h2-13,21-22H,14-16H2,1H3,(H,27,33). The minimum atomic E-state index is -0.700. The van der Waals surface area contributed by atoms with Crippen molar-refractivity contribution in [1.29, 1.82) is 0 Å². The number of nitrogens with zero attached hydrogens (tertiary/aromatic N) is 3. The molecule has 2 unspecified atom stereocenters. The number of amides is 4. The summed E-state index contributed by atoms with van der Waals surface area (Å²) in [6, 6.07) is 19.2. The van der Waals surface area contributed by atoms with Gasteiger partial charge in [-0.25, -0.2) is 9.80 Å². The molecule has 8 nitrogen and oxygen atoms in total. The van der Waals surface area contributed by atoms with Crippen molar-refractivity contribution in [3.05, 3.63) is 95.4 Å². The Kier molecular flexibility index (Phi) is 5.71. The molecular formula is C26H24N4O4. The van der Waals surface area contributed by atoms with Crippen molar-refractivity contribution in [2.75, 3.05) is 6.54 Å². The Morgan fingerprint density at radius 2 is 1.82 bits per heavy atom. The van der Waals surface area contributed by atoms with Gasteiger partial charge >= 0.3 is 6.03 Å². The van der Waals surface area contributed by atoms with Gasteiger partial charge in [-0.05, 0) is 30.2 Å². The van der Waals surface area contributed by atoms with Crippen molar-refractivity contribution in [1.82, 2.24) is 15.2 Å². The van der Waals surface area contributed by atoms with Gasteiger partial charge in [0.05, 0.1) is 12.0 Å². The summed E-state index contributed by atoms with van der Waals surface area (Å²) in [5.74, 6) is -0.274. The molecule has 0 aliphatic carbocycles. The van der Waals surface area contributed by atoms with Crippen LogP contribution in [0.1, 0.15) is 34.9 Å². The van der Waals surface area contributed by atoms with Crippen LogP contribution in [0, 0.1) is 6.92 Å². The predicted molar refractivity (Wildman–Crippen MR) is 125 cm³/mol. The number of urea groups is 1. The Morgan fingerprint density at radius 1 is 1.06 bits per heavy atom. The maximum absolute atomic E-state index is 13.3. The molecule has 2 aliphatic heterocycles. The highest BCUT2D eigenvalue weighted by Gasteiger charge is 2.42. The van der Waals surface area contributed by atoms with Gasteiger partial charge in [-0.2, -0.15) is 5.10 Å². The van der Waals surface area contributed by atoms with Crippen LogP contribution in [0.4, 0.5) is 4.79 Å². The molecule has 0 spiro atoms. The lowest BCUT2D eigenvalue weighted by atomic mass is 10.0. The topological polar surface area (TPSA) is 95.2 Å². The van der Waals surface area contributed by atoms with Crippen molar-refractivity contribution in [2.45, 2.75) is 31.8 Å². The van der Waals surface area contributed by atoms with Crippen LogP contribution < -0.4 is 5.32 Å². The summed E-state index contributed by atoms with van der Waals surface area (Å²) < 4.78 is 5.57. The zero-order chi connectivity index (χ0) is 23.7. The lowest BCUT2D eigenvalue weighted by Crippen LogP contribution is -2.41. The first-order valence-electron chi connectivity index (χ1n) is 11.2. The van der Waals surface area contributed by atoms with Crippen LogP contribution in [-0.2, 0) is 16.0 Å². The van der Waals surface area contributed by atoms with Crippen LogP contribution >= 0.6 is 0 Å². The molecule has 2 aromatic carbocycles. The van der Waals surface area contributed by atoms with Gasteiger partial charge in [0.2, 0.25) is 0 Å². The number of carbonyl (C=O) groups excluding carboxylic acids is 3. The number of rotatable bonds is 6. The molecule has 34 heavy (non-hydrogen) atoms. The fourth-order valence-corrected chi connectivity index (χ4v) is 4.29. The van der Waals surface area contributed by atoms with Crippen LogP contribution in [0.15, 0.2) is 82.5 Å². The van der Waals surface area contributed by atoms with Gasteiger partial charge in [0.15, 0.2) is 0 Å². The number of aryl methyl sites for hydroxylation is 1. The first-order chi connectivity index (χ1) is 16.5. The molecule has 8 heteroatoms. The third-order valence-electron chi connectivity index (χ3n) is 6.11. The fraction of sp³-hybridized carbons (Fsp3) is 0.231. The smallest absolute Gasteiger partial charge is 0.325 e. The molecule has 1 N–H and O–H groups in total. The second kappa shape index (κ2) is 8.97. The monoisotopic (exact) mass is 456 g/mol. The van der Waals surface area contributed by atoms with Crippen LogP contribution in [0.25, 0.3) is 0 Å². The quantitative estimate of drug-likeness (QED) is 0.575. The zero-order valence-corrected chi connectivity index (χ0v) is 18.7. The molecular weight excluding hydrogens is 432 g/mol. The summed E-state index contributed by atoms with van der Waals surface area (Å²) in [5.41, 5.74) is 3.71. The Morgan fingerprint density at radius 3 is 2.53 bits per heavy atom. The minimum Gasteiger partial charge on any atom is -0.467 e. The van der Waals surface area contributed by atoms with E-state index in [1.54, 1.807) is 18.4 Å². The molecule has 5 rings (SSSR count). The Balaban J connectivity index is 1.34. The Hall–Kier alpha value is -4.20. The van der Waals surface area contributed by atoms with E-state index in [2.05, 4.69) is 10.4 Å². The molecule has 1 aromatic heterocycles. The largest absolute Gasteiger partial charge is 0.467 e. The normalized spacial score (nSPS) is 20.0. The SMILES string of the molecule is Cc1ccc(C2=NN(C(=O)CN3C(=O)NC(Cc4ccccc4)C3=O)C(c3ccco3)C2)cc1. The zero-order valence-electron chi connectivity index (χ0n) is 18.7. The molecule has 2 aliphatic rings. The van der Waals surface area contributed by atoms with Gasteiger partial charge in [-0.1, -0.05) is 60.2 Å². The van der Waals surface area contributed by atoms with Gasteiger partial charge in [-0.15, -0.1) is 0 Å². The van der Waals surface area contributed by atoms with Crippen LogP contribution in [-0.4, -0.2) is 46.1 Å². The molecule has 3 aromatic rings. The van der Waals surface area contributed by atoms with E-state index in [9.17, 15) is 14.4 Å². The molecule has 3 heterocycles. The van der Waals surface area contributed by atoms with Crippen molar-refractivity contribution >= 4 is 23.6 Å². The van der Waals surface area contributed by atoms with E-state index in [0.29, 0.717) is 18.6 Å². The van der Waals surface area contributed by atoms with E-state index in [1.807, 2.05) is 61.5 Å². The van der Waals surface area contributed by atoms with Crippen LogP contribution in [0.2, 0.25) is 0 Å². The first-order valence-corrected chi connectivity index (χ1v) is 11.2. The Labute approximate surface area is 196 Å². The van der Waals surface area contributed by atoms with Gasteiger partial charge in [0, 0.05) is 12.8 Å². The van der Waals surface area contributed by atoms with Crippen molar-refractivity contribution in [3.63, 3.8) is 0 Å². The third-order valence-corrected chi connectivity index (χ3v) is 6.11. The van der Waals surface area contributed by atoms with Gasteiger partial charge in [0.25, 0.3) is 11.8 Å². The van der Waals surface area contributed by atoms with Crippen molar-refractivity contribution in [2.24, 2.45) is 5.10 Å². The van der Waals surface area contributed by atoms with Crippen molar-refractivity contribution < 1.29 is 18.8 Å². The number of imide groups is 1. The lowest BCUT2D eigenvalue weighted by Gasteiger charge is -2.22. The summed E-state index contributed by atoms with van der Waals surface area (Å²) in [6.07, 6.45) is 2.39. The molecule has 0 bridgehead atoms. The lowest BCUT2D eigenvalue weighted by molar-refractivity contribution is -0.138. The minimum absolute atomic E-state index is 0.366. The summed E-state index contributed by atoms with van der Waals surface area (Å²) in [4.78, 5) is 39.7. The number of hydrazone groups is 1. The van der Waals surface area contributed by atoms with E-state index >= 15 is 0 Å². The number of carbonyl (C=O) groups is 3. The average molecular weight is 457 g/mol. The van der Waals surface area contributed by atoms with E-state index in [0.717, 1.165) is 27.3 Å². The number of hydrogen-bond donors (Lipinski definition) is 1. The van der Waals surface area contributed by atoms with Gasteiger partial charge < -0.3 is 9.73 Å².